The number of nitrogens with zero attached hydrogens (tertiary/aromatic N) is 3. The van der Waals surface area contributed by atoms with E-state index in [9.17, 15) is 13.2 Å². The second-order valence-electron chi connectivity index (χ2n) is 5.05. The van der Waals surface area contributed by atoms with Crippen LogP contribution in [-0.4, -0.2) is 34.3 Å². The monoisotopic (exact) mass is 297 g/mol. The van der Waals surface area contributed by atoms with E-state index in [-0.39, 0.29) is 11.9 Å². The standard InChI is InChI=1S/C13H14F3N5/c14-7-5-9(15)11(10(16)6-7)12-18-13(20-19-12)21-3-1-8(17)2-4-21/h5-6,8H,1-4,17H2,(H,18,19,20). The van der Waals surface area contributed by atoms with Crippen LogP contribution < -0.4 is 10.6 Å². The van der Waals surface area contributed by atoms with Crippen molar-refractivity contribution in [2.24, 2.45) is 5.73 Å². The van der Waals surface area contributed by atoms with Crippen molar-refractivity contribution in [2.75, 3.05) is 18.0 Å². The first-order valence-corrected chi connectivity index (χ1v) is 6.62. The molecule has 3 N–H and O–H groups in total. The lowest BCUT2D eigenvalue weighted by Crippen LogP contribution is -2.40. The number of halogens is 3. The number of aromatic nitrogens is 3. The minimum atomic E-state index is -1.02. The molecule has 112 valence electrons. The molecule has 8 heteroatoms. The number of nitrogens with one attached hydrogen (secondary N) is 1. The molecule has 5 nitrogen and oxygen atoms in total. The summed E-state index contributed by atoms with van der Waals surface area (Å²) in [6.45, 7) is 1.37. The minimum Gasteiger partial charge on any atom is -0.339 e. The number of hydrogen-bond donors (Lipinski definition) is 2. The molecule has 1 aromatic heterocycles. The molecule has 21 heavy (non-hydrogen) atoms. The molecule has 0 unspecified atom stereocenters. The van der Waals surface area contributed by atoms with Crippen molar-refractivity contribution in [1.82, 2.24) is 15.2 Å². The molecule has 0 amide bonds. The number of benzene rings is 1. The topological polar surface area (TPSA) is 70.8 Å². The normalized spacial score (nSPS) is 16.5. The molecule has 0 atom stereocenters. The van der Waals surface area contributed by atoms with Crippen molar-refractivity contribution in [3.8, 4) is 11.4 Å². The number of nitrogens with two attached hydrogens (primary N) is 1. The highest BCUT2D eigenvalue weighted by Crippen LogP contribution is 2.26. The third kappa shape index (κ3) is 2.71. The second kappa shape index (κ2) is 5.36. The zero-order chi connectivity index (χ0) is 15.0. The third-order valence-corrected chi connectivity index (χ3v) is 3.54. The van der Waals surface area contributed by atoms with Crippen LogP contribution in [0.25, 0.3) is 11.4 Å². The highest BCUT2D eigenvalue weighted by Gasteiger charge is 2.22. The maximum Gasteiger partial charge on any atom is 0.245 e. The van der Waals surface area contributed by atoms with E-state index in [1.165, 1.54) is 0 Å². The lowest BCUT2D eigenvalue weighted by Gasteiger charge is -2.28. The predicted molar refractivity (Wildman–Crippen MR) is 71.1 cm³/mol. The van der Waals surface area contributed by atoms with Crippen molar-refractivity contribution in [3.05, 3.63) is 29.6 Å². The van der Waals surface area contributed by atoms with Gasteiger partial charge in [0.15, 0.2) is 5.82 Å². The highest BCUT2D eigenvalue weighted by atomic mass is 19.1. The van der Waals surface area contributed by atoms with Crippen LogP contribution in [0.1, 0.15) is 12.8 Å². The molecule has 1 fully saturated rings. The van der Waals surface area contributed by atoms with Gasteiger partial charge in [0.05, 0.1) is 5.56 Å². The summed E-state index contributed by atoms with van der Waals surface area (Å²) in [7, 11) is 0. The van der Waals surface area contributed by atoms with Gasteiger partial charge >= 0.3 is 0 Å². The second-order valence-corrected chi connectivity index (χ2v) is 5.05. The zero-order valence-corrected chi connectivity index (χ0v) is 11.1. The summed E-state index contributed by atoms with van der Waals surface area (Å²) in [5, 5.41) is 6.46. The van der Waals surface area contributed by atoms with Gasteiger partial charge < -0.3 is 10.6 Å². The number of rotatable bonds is 2. The van der Waals surface area contributed by atoms with E-state index in [0.717, 1.165) is 12.8 Å². The molecule has 1 aromatic carbocycles. The van der Waals surface area contributed by atoms with Gasteiger partial charge in [-0.3, -0.25) is 5.10 Å². The lowest BCUT2D eigenvalue weighted by atomic mass is 10.1. The molecule has 1 aliphatic rings. The van der Waals surface area contributed by atoms with Crippen LogP contribution >= 0.6 is 0 Å². The molecule has 1 saturated heterocycles. The summed E-state index contributed by atoms with van der Waals surface area (Å²) >= 11 is 0. The molecule has 2 aromatic rings. The van der Waals surface area contributed by atoms with Crippen LogP contribution in [-0.2, 0) is 0 Å². The number of H-pyrrole nitrogens is 1. The van der Waals surface area contributed by atoms with Gasteiger partial charge in [-0.1, -0.05) is 0 Å². The van der Waals surface area contributed by atoms with Crippen LogP contribution in [0, 0.1) is 17.5 Å². The van der Waals surface area contributed by atoms with Gasteiger partial charge in [-0.05, 0) is 12.8 Å². The smallest absolute Gasteiger partial charge is 0.245 e. The number of piperidine rings is 1. The van der Waals surface area contributed by atoms with E-state index in [2.05, 4.69) is 15.2 Å². The highest BCUT2D eigenvalue weighted by molar-refractivity contribution is 5.58. The van der Waals surface area contributed by atoms with Crippen LogP contribution in [0.3, 0.4) is 0 Å². The Kier molecular flexibility index (Phi) is 3.54. The van der Waals surface area contributed by atoms with Gasteiger partial charge in [0, 0.05) is 31.3 Å². The number of aromatic amines is 1. The first-order valence-electron chi connectivity index (χ1n) is 6.62. The lowest BCUT2D eigenvalue weighted by molar-refractivity contribution is 0.496. The molecule has 2 heterocycles. The summed E-state index contributed by atoms with van der Waals surface area (Å²) in [6.07, 6.45) is 1.62. The molecule has 0 bridgehead atoms. The van der Waals surface area contributed by atoms with Crippen molar-refractivity contribution in [3.63, 3.8) is 0 Å². The quantitative estimate of drug-likeness (QED) is 0.887. The molecule has 1 aliphatic heterocycles. The average molecular weight is 297 g/mol. The van der Waals surface area contributed by atoms with Crippen molar-refractivity contribution >= 4 is 5.95 Å². The van der Waals surface area contributed by atoms with Crippen molar-refractivity contribution < 1.29 is 13.2 Å². The fourth-order valence-corrected chi connectivity index (χ4v) is 2.37. The summed E-state index contributed by atoms with van der Waals surface area (Å²) in [5.41, 5.74) is 5.40. The van der Waals surface area contributed by atoms with E-state index in [1.807, 2.05) is 4.90 Å². The Labute approximate surface area is 119 Å². The largest absolute Gasteiger partial charge is 0.339 e. The van der Waals surface area contributed by atoms with E-state index in [4.69, 9.17) is 5.73 Å². The third-order valence-electron chi connectivity index (χ3n) is 3.54. The van der Waals surface area contributed by atoms with Gasteiger partial charge in [0.1, 0.15) is 17.5 Å². The van der Waals surface area contributed by atoms with Gasteiger partial charge in [0.2, 0.25) is 5.95 Å². The Balaban J connectivity index is 1.89. The van der Waals surface area contributed by atoms with Gasteiger partial charge in [-0.15, -0.1) is 5.10 Å². The Morgan fingerprint density at radius 1 is 1.14 bits per heavy atom. The van der Waals surface area contributed by atoms with Crippen LogP contribution in [0.4, 0.5) is 19.1 Å². The fourth-order valence-electron chi connectivity index (χ4n) is 2.37. The van der Waals surface area contributed by atoms with Crippen LogP contribution in [0.2, 0.25) is 0 Å². The molecule has 3 rings (SSSR count). The fraction of sp³-hybridized carbons (Fsp3) is 0.385. The van der Waals surface area contributed by atoms with Crippen molar-refractivity contribution in [1.29, 1.82) is 0 Å². The Morgan fingerprint density at radius 2 is 1.76 bits per heavy atom. The summed E-state index contributed by atoms with van der Waals surface area (Å²) in [6, 6.07) is 1.38. The van der Waals surface area contributed by atoms with E-state index >= 15 is 0 Å². The van der Waals surface area contributed by atoms with Crippen LogP contribution in [0.15, 0.2) is 12.1 Å². The zero-order valence-electron chi connectivity index (χ0n) is 11.1. The van der Waals surface area contributed by atoms with E-state index < -0.39 is 23.0 Å². The Bertz CT molecular complexity index is 626. The summed E-state index contributed by atoms with van der Waals surface area (Å²) in [4.78, 5) is 5.99. The number of anilines is 1. The minimum absolute atomic E-state index is 0.0603. The van der Waals surface area contributed by atoms with Gasteiger partial charge in [-0.2, -0.15) is 4.98 Å². The van der Waals surface area contributed by atoms with E-state index in [1.54, 1.807) is 0 Å². The van der Waals surface area contributed by atoms with Gasteiger partial charge in [0.25, 0.3) is 0 Å². The maximum atomic E-state index is 13.7. The van der Waals surface area contributed by atoms with Crippen molar-refractivity contribution in [2.45, 2.75) is 18.9 Å². The molecule has 0 spiro atoms. The summed E-state index contributed by atoms with van der Waals surface area (Å²) in [5.74, 6) is -2.71. The molecular formula is C13H14F3N5. The predicted octanol–water partition coefficient (Wildman–Crippen LogP) is 1.82. The Morgan fingerprint density at radius 3 is 2.38 bits per heavy atom. The SMILES string of the molecule is NC1CCN(c2n[nH]c(-c3c(F)cc(F)cc3F)n2)CC1. The average Bonchev–Trinajstić information content (AvgIpc) is 2.87. The van der Waals surface area contributed by atoms with Gasteiger partial charge in [-0.25, -0.2) is 13.2 Å². The molecular weight excluding hydrogens is 283 g/mol. The maximum absolute atomic E-state index is 13.7. The van der Waals surface area contributed by atoms with E-state index in [0.29, 0.717) is 31.2 Å². The Hall–Kier alpha value is -2.09. The first-order chi connectivity index (χ1) is 10.0. The first kappa shape index (κ1) is 13.9. The molecule has 0 radical (unpaired) electrons. The number of hydrogen-bond acceptors (Lipinski definition) is 4. The summed E-state index contributed by atoms with van der Waals surface area (Å²) < 4.78 is 40.3. The molecule has 0 aliphatic carbocycles. The van der Waals surface area contributed by atoms with Crippen LogP contribution in [0.5, 0.6) is 0 Å². The molecule has 0 saturated carbocycles.